The van der Waals surface area contributed by atoms with Gasteiger partial charge in [-0.2, -0.15) is 0 Å². The van der Waals surface area contributed by atoms with Gasteiger partial charge < -0.3 is 10.2 Å². The molecule has 0 aliphatic heterocycles. The molecule has 0 saturated carbocycles. The molecule has 0 aromatic carbocycles. The Morgan fingerprint density at radius 3 is 2.30 bits per heavy atom. The molecule has 0 heterocycles. The van der Waals surface area contributed by atoms with Crippen molar-refractivity contribution in [2.75, 3.05) is 6.61 Å². The Kier molecular flexibility index (Phi) is 3.61. The van der Waals surface area contributed by atoms with Gasteiger partial charge >= 0.3 is 0 Å². The minimum atomic E-state index is -0.751. The lowest BCUT2D eigenvalue weighted by atomic mass is 10.0. The molecule has 0 bridgehead atoms. The van der Waals surface area contributed by atoms with Gasteiger partial charge in [0, 0.05) is 6.61 Å². The maximum absolute atomic E-state index is 9.26. The van der Waals surface area contributed by atoms with Gasteiger partial charge in [-0.15, -0.1) is 0 Å². The van der Waals surface area contributed by atoms with E-state index in [9.17, 15) is 5.11 Å². The van der Waals surface area contributed by atoms with Gasteiger partial charge in [-0.25, -0.2) is 0 Å². The maximum Gasteiger partial charge on any atom is 0.0774 e. The Labute approximate surface area is 62.2 Å². The summed E-state index contributed by atoms with van der Waals surface area (Å²) in [5, 5.41) is 17.8. The molecule has 0 fully saturated rings. The van der Waals surface area contributed by atoms with Gasteiger partial charge in [-0.1, -0.05) is 11.6 Å². The molecule has 2 N–H and O–H groups in total. The predicted molar refractivity (Wildman–Crippen MR) is 41.8 cm³/mol. The van der Waals surface area contributed by atoms with Crippen LogP contribution in [0.25, 0.3) is 0 Å². The highest BCUT2D eigenvalue weighted by Gasteiger charge is 2.07. The number of aliphatic hydroxyl groups is 2. The standard InChI is InChI=1S/C8H16O2/c1-7(4-5-9)6-8(2,3)10/h6,9-10H,4-5H2,1-3H3/b7-6+. The van der Waals surface area contributed by atoms with E-state index >= 15 is 0 Å². The molecule has 10 heavy (non-hydrogen) atoms. The highest BCUT2D eigenvalue weighted by molar-refractivity contribution is 5.05. The van der Waals surface area contributed by atoms with Crippen LogP contribution in [0.5, 0.6) is 0 Å². The Hall–Kier alpha value is -0.340. The first-order chi connectivity index (χ1) is 4.45. The predicted octanol–water partition coefficient (Wildman–Crippen LogP) is 1.09. The summed E-state index contributed by atoms with van der Waals surface area (Å²) in [6.07, 6.45) is 2.40. The molecule has 2 heteroatoms. The van der Waals surface area contributed by atoms with Crippen molar-refractivity contribution in [3.05, 3.63) is 11.6 Å². The van der Waals surface area contributed by atoms with Crippen LogP contribution >= 0.6 is 0 Å². The van der Waals surface area contributed by atoms with Gasteiger partial charge in [-0.3, -0.25) is 0 Å². The monoisotopic (exact) mass is 144 g/mol. The van der Waals surface area contributed by atoms with E-state index in [1.165, 1.54) is 0 Å². The van der Waals surface area contributed by atoms with Crippen LogP contribution in [0, 0.1) is 0 Å². The van der Waals surface area contributed by atoms with Crippen molar-refractivity contribution < 1.29 is 10.2 Å². The Morgan fingerprint density at radius 1 is 1.50 bits per heavy atom. The minimum Gasteiger partial charge on any atom is -0.396 e. The molecular weight excluding hydrogens is 128 g/mol. The summed E-state index contributed by atoms with van der Waals surface area (Å²) in [6.45, 7) is 5.48. The average molecular weight is 144 g/mol. The fraction of sp³-hybridized carbons (Fsp3) is 0.750. The van der Waals surface area contributed by atoms with E-state index in [1.807, 2.05) is 6.92 Å². The van der Waals surface area contributed by atoms with Crippen molar-refractivity contribution in [3.8, 4) is 0 Å². The Morgan fingerprint density at radius 2 is 2.00 bits per heavy atom. The first-order valence-electron chi connectivity index (χ1n) is 3.47. The topological polar surface area (TPSA) is 40.5 Å². The highest BCUT2D eigenvalue weighted by atomic mass is 16.3. The summed E-state index contributed by atoms with van der Waals surface area (Å²) < 4.78 is 0. The van der Waals surface area contributed by atoms with Crippen molar-refractivity contribution >= 4 is 0 Å². The van der Waals surface area contributed by atoms with E-state index in [-0.39, 0.29) is 6.61 Å². The normalized spacial score (nSPS) is 13.9. The first kappa shape index (κ1) is 9.66. The van der Waals surface area contributed by atoms with Gasteiger partial charge in [0.05, 0.1) is 5.60 Å². The first-order valence-corrected chi connectivity index (χ1v) is 3.47. The van der Waals surface area contributed by atoms with E-state index < -0.39 is 5.60 Å². The average Bonchev–Trinajstić information content (AvgIpc) is 1.59. The molecule has 0 saturated heterocycles. The van der Waals surface area contributed by atoms with Crippen LogP contribution in [0.4, 0.5) is 0 Å². The molecular formula is C8H16O2. The molecule has 0 unspecified atom stereocenters. The number of rotatable bonds is 3. The van der Waals surface area contributed by atoms with Crippen LogP contribution in [-0.4, -0.2) is 22.4 Å². The largest absolute Gasteiger partial charge is 0.396 e. The second-order valence-corrected chi connectivity index (χ2v) is 3.12. The van der Waals surface area contributed by atoms with Gasteiger partial charge in [0.1, 0.15) is 0 Å². The minimum absolute atomic E-state index is 0.151. The summed E-state index contributed by atoms with van der Waals surface area (Å²) in [4.78, 5) is 0. The number of hydrogen-bond acceptors (Lipinski definition) is 2. The van der Waals surface area contributed by atoms with Crippen molar-refractivity contribution in [1.82, 2.24) is 0 Å². The van der Waals surface area contributed by atoms with Crippen LogP contribution in [0.3, 0.4) is 0 Å². The van der Waals surface area contributed by atoms with E-state index in [2.05, 4.69) is 0 Å². The summed E-state index contributed by atoms with van der Waals surface area (Å²) in [5.74, 6) is 0. The molecule has 0 aliphatic carbocycles. The second-order valence-electron chi connectivity index (χ2n) is 3.12. The third-order valence-corrected chi connectivity index (χ3v) is 1.11. The summed E-state index contributed by atoms with van der Waals surface area (Å²) in [7, 11) is 0. The number of aliphatic hydroxyl groups excluding tert-OH is 1. The van der Waals surface area contributed by atoms with Crippen LogP contribution in [0.15, 0.2) is 11.6 Å². The second kappa shape index (κ2) is 3.74. The van der Waals surface area contributed by atoms with E-state index in [4.69, 9.17) is 5.11 Å². The lowest BCUT2D eigenvalue weighted by molar-refractivity contribution is 0.132. The Balaban J connectivity index is 3.90. The lowest BCUT2D eigenvalue weighted by Crippen LogP contribution is -2.14. The zero-order valence-corrected chi connectivity index (χ0v) is 6.89. The quantitative estimate of drug-likeness (QED) is 0.582. The maximum atomic E-state index is 9.26. The molecule has 60 valence electrons. The smallest absolute Gasteiger partial charge is 0.0774 e. The zero-order valence-electron chi connectivity index (χ0n) is 6.89. The highest BCUT2D eigenvalue weighted by Crippen LogP contribution is 2.09. The van der Waals surface area contributed by atoms with Crippen LogP contribution in [0.2, 0.25) is 0 Å². The number of hydrogen-bond donors (Lipinski definition) is 2. The Bertz CT molecular complexity index is 120. The van der Waals surface area contributed by atoms with Gasteiger partial charge in [0.25, 0.3) is 0 Å². The van der Waals surface area contributed by atoms with E-state index in [1.54, 1.807) is 19.9 Å². The zero-order chi connectivity index (χ0) is 8.20. The molecule has 0 radical (unpaired) electrons. The fourth-order valence-corrected chi connectivity index (χ4v) is 0.852. The van der Waals surface area contributed by atoms with E-state index in [0.29, 0.717) is 6.42 Å². The van der Waals surface area contributed by atoms with Crippen molar-refractivity contribution in [2.24, 2.45) is 0 Å². The molecule has 0 rings (SSSR count). The van der Waals surface area contributed by atoms with Gasteiger partial charge in [0.2, 0.25) is 0 Å². The lowest BCUT2D eigenvalue weighted by Gasteiger charge is -2.12. The summed E-state index contributed by atoms with van der Waals surface area (Å²) in [6, 6.07) is 0. The van der Waals surface area contributed by atoms with Crippen molar-refractivity contribution in [3.63, 3.8) is 0 Å². The van der Waals surface area contributed by atoms with E-state index in [0.717, 1.165) is 5.57 Å². The molecule has 0 amide bonds. The third-order valence-electron chi connectivity index (χ3n) is 1.11. The third kappa shape index (κ3) is 5.79. The molecule has 0 atom stereocenters. The molecule has 0 aliphatic rings. The van der Waals surface area contributed by atoms with Crippen LogP contribution in [-0.2, 0) is 0 Å². The summed E-state index contributed by atoms with van der Waals surface area (Å²) in [5.41, 5.74) is 0.272. The van der Waals surface area contributed by atoms with Gasteiger partial charge in [0.15, 0.2) is 0 Å². The van der Waals surface area contributed by atoms with Crippen LogP contribution < -0.4 is 0 Å². The van der Waals surface area contributed by atoms with Crippen LogP contribution in [0.1, 0.15) is 27.2 Å². The van der Waals surface area contributed by atoms with Crippen molar-refractivity contribution in [1.29, 1.82) is 0 Å². The molecule has 2 nitrogen and oxygen atoms in total. The van der Waals surface area contributed by atoms with Crippen molar-refractivity contribution in [2.45, 2.75) is 32.8 Å². The molecule has 0 aromatic rings. The van der Waals surface area contributed by atoms with Gasteiger partial charge in [-0.05, 0) is 27.2 Å². The molecule has 0 spiro atoms. The summed E-state index contributed by atoms with van der Waals surface area (Å²) >= 11 is 0. The molecule has 0 aromatic heterocycles. The SMILES string of the molecule is C/C(=C\C(C)(C)O)CCO. The fourth-order valence-electron chi connectivity index (χ4n) is 0.852.